The Morgan fingerprint density at radius 3 is 2.35 bits per heavy atom. The molecule has 1 aromatic heterocycles. The fourth-order valence-electron chi connectivity index (χ4n) is 2.76. The number of alkyl halides is 3. The average Bonchev–Trinajstić information content (AvgIpc) is 2.76. The van der Waals surface area contributed by atoms with Gasteiger partial charge in [0.25, 0.3) is 0 Å². The molecule has 0 aliphatic rings. The first kappa shape index (κ1) is 22.4. The van der Waals surface area contributed by atoms with E-state index in [1.54, 1.807) is 48.5 Å². The maximum absolute atomic E-state index is 13.3. The van der Waals surface area contributed by atoms with Gasteiger partial charge in [-0.1, -0.05) is 50.1 Å². The van der Waals surface area contributed by atoms with Crippen LogP contribution in [-0.4, -0.2) is 16.6 Å². The standard InChI is InChI=1S/C23H24F3N3O2/c1-2-3-7-14-30-19-12-10-18(11-13-19)28-22-27-15-20(23(24,25)26)21(29-22)31-16-17-8-5-4-6-9-17/h4-6,8-13,15H,2-3,7,14,16H2,1H3,(H,27,28,29). The van der Waals surface area contributed by atoms with Gasteiger partial charge in [-0.2, -0.15) is 18.2 Å². The highest BCUT2D eigenvalue weighted by atomic mass is 19.4. The molecule has 0 aliphatic carbocycles. The van der Waals surface area contributed by atoms with E-state index in [2.05, 4.69) is 22.2 Å². The summed E-state index contributed by atoms with van der Waals surface area (Å²) in [4.78, 5) is 7.74. The third-order valence-electron chi connectivity index (χ3n) is 4.40. The van der Waals surface area contributed by atoms with Crippen molar-refractivity contribution in [1.29, 1.82) is 0 Å². The van der Waals surface area contributed by atoms with Gasteiger partial charge in [0.2, 0.25) is 11.8 Å². The van der Waals surface area contributed by atoms with Crippen LogP contribution >= 0.6 is 0 Å². The molecule has 0 amide bonds. The van der Waals surface area contributed by atoms with Crippen molar-refractivity contribution in [2.45, 2.75) is 39.0 Å². The van der Waals surface area contributed by atoms with E-state index in [0.717, 1.165) is 36.8 Å². The van der Waals surface area contributed by atoms with Gasteiger partial charge in [0.15, 0.2) is 0 Å². The predicted octanol–water partition coefficient (Wildman–Crippen LogP) is 6.39. The maximum Gasteiger partial charge on any atom is 0.423 e. The van der Waals surface area contributed by atoms with Gasteiger partial charge in [0.05, 0.1) is 6.61 Å². The van der Waals surface area contributed by atoms with Crippen LogP contribution in [0.15, 0.2) is 60.8 Å². The number of rotatable bonds is 10. The normalized spacial score (nSPS) is 11.2. The Morgan fingerprint density at radius 2 is 1.68 bits per heavy atom. The molecule has 3 rings (SSSR count). The molecule has 1 heterocycles. The molecule has 0 atom stereocenters. The second-order valence-electron chi connectivity index (χ2n) is 6.89. The molecule has 3 aromatic rings. The molecule has 164 valence electrons. The highest BCUT2D eigenvalue weighted by Gasteiger charge is 2.36. The number of hydrogen-bond acceptors (Lipinski definition) is 5. The summed E-state index contributed by atoms with van der Waals surface area (Å²) in [5.41, 5.74) is 0.331. The lowest BCUT2D eigenvalue weighted by molar-refractivity contribution is -0.139. The van der Waals surface area contributed by atoms with Crippen LogP contribution in [0.3, 0.4) is 0 Å². The van der Waals surface area contributed by atoms with Crippen LogP contribution in [0.25, 0.3) is 0 Å². The van der Waals surface area contributed by atoms with Crippen LogP contribution in [0.2, 0.25) is 0 Å². The van der Waals surface area contributed by atoms with Gasteiger partial charge in [-0.15, -0.1) is 0 Å². The van der Waals surface area contributed by atoms with Crippen molar-refractivity contribution < 1.29 is 22.6 Å². The van der Waals surface area contributed by atoms with Gasteiger partial charge in [-0.3, -0.25) is 0 Å². The Balaban J connectivity index is 1.69. The molecular formula is C23H24F3N3O2. The van der Waals surface area contributed by atoms with Crippen molar-refractivity contribution in [2.75, 3.05) is 11.9 Å². The number of ether oxygens (including phenoxy) is 2. The fraction of sp³-hybridized carbons (Fsp3) is 0.304. The van der Waals surface area contributed by atoms with Crippen molar-refractivity contribution in [3.63, 3.8) is 0 Å². The summed E-state index contributed by atoms with van der Waals surface area (Å²) in [5, 5.41) is 2.90. The maximum atomic E-state index is 13.3. The molecule has 0 radical (unpaired) electrons. The molecule has 1 N–H and O–H groups in total. The summed E-state index contributed by atoms with van der Waals surface area (Å²) in [6.07, 6.45) is -0.681. The molecule has 0 saturated carbocycles. The van der Waals surface area contributed by atoms with Crippen LogP contribution in [-0.2, 0) is 12.8 Å². The van der Waals surface area contributed by atoms with Gasteiger partial charge < -0.3 is 14.8 Å². The molecule has 0 aliphatic heterocycles. The van der Waals surface area contributed by atoms with E-state index in [4.69, 9.17) is 9.47 Å². The SMILES string of the molecule is CCCCCOc1ccc(Nc2ncc(C(F)(F)F)c(OCc3ccccc3)n2)cc1. The molecule has 0 unspecified atom stereocenters. The van der Waals surface area contributed by atoms with Gasteiger partial charge in [-0.05, 0) is 36.2 Å². The van der Waals surface area contributed by atoms with Crippen LogP contribution in [0, 0.1) is 0 Å². The largest absolute Gasteiger partial charge is 0.494 e. The van der Waals surface area contributed by atoms with E-state index in [1.165, 1.54) is 0 Å². The molecule has 31 heavy (non-hydrogen) atoms. The third kappa shape index (κ3) is 6.87. The average molecular weight is 431 g/mol. The Morgan fingerprint density at radius 1 is 0.935 bits per heavy atom. The molecule has 2 aromatic carbocycles. The van der Waals surface area contributed by atoms with Crippen LogP contribution < -0.4 is 14.8 Å². The quantitative estimate of drug-likeness (QED) is 0.377. The Kier molecular flexibility index (Phi) is 7.70. The number of aromatic nitrogens is 2. The summed E-state index contributed by atoms with van der Waals surface area (Å²) in [5.74, 6) is 0.208. The minimum atomic E-state index is -4.62. The van der Waals surface area contributed by atoms with Gasteiger partial charge in [0.1, 0.15) is 17.9 Å². The lowest BCUT2D eigenvalue weighted by atomic mass is 10.2. The monoisotopic (exact) mass is 431 g/mol. The van der Waals surface area contributed by atoms with Gasteiger partial charge >= 0.3 is 6.18 Å². The van der Waals surface area contributed by atoms with Crippen LogP contribution in [0.5, 0.6) is 11.6 Å². The summed E-state index contributed by atoms with van der Waals surface area (Å²) >= 11 is 0. The number of hydrogen-bond donors (Lipinski definition) is 1. The zero-order valence-corrected chi connectivity index (χ0v) is 17.2. The summed E-state index contributed by atoms with van der Waals surface area (Å²) in [6.45, 7) is 2.73. The Bertz CT molecular complexity index is 949. The molecule has 0 spiro atoms. The van der Waals surface area contributed by atoms with Crippen molar-refractivity contribution >= 4 is 11.6 Å². The lowest BCUT2D eigenvalue weighted by Crippen LogP contribution is -2.12. The topological polar surface area (TPSA) is 56.3 Å². The van der Waals surface area contributed by atoms with E-state index in [1.807, 2.05) is 6.07 Å². The molecule has 0 bridgehead atoms. The summed E-state index contributed by atoms with van der Waals surface area (Å²) in [7, 11) is 0. The number of unbranched alkanes of at least 4 members (excludes halogenated alkanes) is 2. The van der Waals surface area contributed by atoms with Crippen molar-refractivity contribution in [3.8, 4) is 11.6 Å². The second kappa shape index (κ2) is 10.7. The first-order valence-electron chi connectivity index (χ1n) is 10.1. The Labute approximate surface area is 179 Å². The molecule has 8 heteroatoms. The Hall–Kier alpha value is -3.29. The first-order valence-corrected chi connectivity index (χ1v) is 10.1. The highest BCUT2D eigenvalue weighted by Crippen LogP contribution is 2.35. The third-order valence-corrected chi connectivity index (χ3v) is 4.40. The smallest absolute Gasteiger partial charge is 0.423 e. The van der Waals surface area contributed by atoms with Gasteiger partial charge in [0, 0.05) is 11.9 Å². The second-order valence-corrected chi connectivity index (χ2v) is 6.89. The van der Waals surface area contributed by atoms with E-state index in [9.17, 15) is 13.2 Å². The fourth-order valence-corrected chi connectivity index (χ4v) is 2.76. The van der Waals surface area contributed by atoms with E-state index in [-0.39, 0.29) is 12.6 Å². The first-order chi connectivity index (χ1) is 15.0. The number of nitrogens with zero attached hydrogens (tertiary/aromatic N) is 2. The lowest BCUT2D eigenvalue weighted by Gasteiger charge is -2.14. The van der Waals surface area contributed by atoms with Crippen LogP contribution in [0.4, 0.5) is 24.8 Å². The molecular weight excluding hydrogens is 407 g/mol. The highest BCUT2D eigenvalue weighted by molar-refractivity contribution is 5.55. The summed E-state index contributed by atoms with van der Waals surface area (Å²) in [6, 6.07) is 16.0. The number of nitrogens with one attached hydrogen (secondary N) is 1. The predicted molar refractivity (Wildman–Crippen MR) is 113 cm³/mol. The van der Waals surface area contributed by atoms with E-state index in [0.29, 0.717) is 12.3 Å². The van der Waals surface area contributed by atoms with Crippen molar-refractivity contribution in [1.82, 2.24) is 9.97 Å². The minimum Gasteiger partial charge on any atom is -0.494 e. The van der Waals surface area contributed by atoms with Gasteiger partial charge in [-0.25, -0.2) is 4.98 Å². The number of halogens is 3. The zero-order valence-electron chi connectivity index (χ0n) is 17.2. The minimum absolute atomic E-state index is 0.00711. The molecule has 0 saturated heterocycles. The molecule has 5 nitrogen and oxygen atoms in total. The summed E-state index contributed by atoms with van der Waals surface area (Å²) < 4.78 is 51.0. The van der Waals surface area contributed by atoms with E-state index < -0.39 is 17.6 Å². The van der Waals surface area contributed by atoms with E-state index >= 15 is 0 Å². The molecule has 0 fully saturated rings. The van der Waals surface area contributed by atoms with Crippen molar-refractivity contribution in [3.05, 3.63) is 71.9 Å². The van der Waals surface area contributed by atoms with Crippen molar-refractivity contribution in [2.24, 2.45) is 0 Å². The number of anilines is 2. The number of benzene rings is 2. The zero-order chi connectivity index (χ0) is 22.1. The van der Waals surface area contributed by atoms with Crippen LogP contribution in [0.1, 0.15) is 37.3 Å².